The van der Waals surface area contributed by atoms with Crippen molar-refractivity contribution in [3.63, 3.8) is 0 Å². The van der Waals surface area contributed by atoms with Crippen molar-refractivity contribution >= 4 is 66.3 Å². The highest BCUT2D eigenvalue weighted by molar-refractivity contribution is 7.90. The molecule has 4 rings (SSSR count). The SMILES string of the molecule is Bc1c(C)c(B)c2c(C(=C)S)c(C(=C)C)n(/C(C(C)=C=C)=C(/CC)C3=C=C(Cc4ccc(C)c(C)c4)C=C3)c2c1C. The van der Waals surface area contributed by atoms with Gasteiger partial charge >= 0.3 is 0 Å². The van der Waals surface area contributed by atoms with E-state index < -0.39 is 0 Å². The largest absolute Gasteiger partial charge is 0.308 e. The first-order valence-electron chi connectivity index (χ1n) is 14.4. The van der Waals surface area contributed by atoms with E-state index in [4.69, 9.17) is 12.6 Å². The first-order chi connectivity index (χ1) is 19.3. The minimum absolute atomic E-state index is 0.741. The summed E-state index contributed by atoms with van der Waals surface area (Å²) in [6, 6.07) is 6.72. The van der Waals surface area contributed by atoms with E-state index in [0.717, 1.165) is 51.4 Å². The highest BCUT2D eigenvalue weighted by Crippen LogP contribution is 2.42. The van der Waals surface area contributed by atoms with E-state index in [9.17, 15) is 0 Å². The van der Waals surface area contributed by atoms with Gasteiger partial charge in [0.15, 0.2) is 0 Å². The van der Waals surface area contributed by atoms with Gasteiger partial charge in [0.05, 0.1) is 16.9 Å². The van der Waals surface area contributed by atoms with E-state index >= 15 is 0 Å². The van der Waals surface area contributed by atoms with E-state index in [0.29, 0.717) is 0 Å². The molecule has 0 spiro atoms. The lowest BCUT2D eigenvalue weighted by Crippen LogP contribution is -2.24. The molecule has 1 nitrogen and oxygen atoms in total. The van der Waals surface area contributed by atoms with Gasteiger partial charge in [-0.15, -0.1) is 24.1 Å². The van der Waals surface area contributed by atoms with Crippen LogP contribution in [0.2, 0.25) is 0 Å². The zero-order valence-corrected chi connectivity index (χ0v) is 27.2. The fourth-order valence-corrected chi connectivity index (χ4v) is 6.30. The van der Waals surface area contributed by atoms with Gasteiger partial charge in [0.25, 0.3) is 0 Å². The molecule has 4 heteroatoms. The Morgan fingerprint density at radius 2 is 1.68 bits per heavy atom. The number of rotatable bonds is 8. The Kier molecular flexibility index (Phi) is 8.72. The van der Waals surface area contributed by atoms with E-state index in [1.54, 1.807) is 0 Å². The number of thiol groups is 1. The zero-order valence-electron chi connectivity index (χ0n) is 26.3. The summed E-state index contributed by atoms with van der Waals surface area (Å²) in [6.45, 7) is 28.0. The van der Waals surface area contributed by atoms with Gasteiger partial charge in [-0.25, -0.2) is 0 Å². The fraction of sp³-hybridized carbons (Fsp3) is 0.243. The van der Waals surface area contributed by atoms with Gasteiger partial charge in [-0.1, -0.05) is 61.3 Å². The summed E-state index contributed by atoms with van der Waals surface area (Å²) in [5.74, 6) is 0. The predicted octanol–water partition coefficient (Wildman–Crippen LogP) is 6.94. The monoisotopic (exact) mass is 553 g/mol. The van der Waals surface area contributed by atoms with E-state index in [1.165, 1.54) is 60.8 Å². The number of aryl methyl sites for hydroxylation is 3. The van der Waals surface area contributed by atoms with Crippen LogP contribution in [0.5, 0.6) is 0 Å². The minimum Gasteiger partial charge on any atom is -0.308 e. The summed E-state index contributed by atoms with van der Waals surface area (Å²) in [5.41, 5.74) is 25.8. The zero-order chi connectivity index (χ0) is 30.3. The number of hydrogen-bond acceptors (Lipinski definition) is 1. The normalized spacial score (nSPS) is 13.2. The van der Waals surface area contributed by atoms with Gasteiger partial charge in [0, 0.05) is 33.4 Å². The summed E-state index contributed by atoms with van der Waals surface area (Å²) in [7, 11) is 4.43. The molecule has 1 aliphatic carbocycles. The van der Waals surface area contributed by atoms with Crippen LogP contribution < -0.4 is 10.9 Å². The maximum Gasteiger partial charge on any atom is 0.140 e. The molecule has 206 valence electrons. The topological polar surface area (TPSA) is 4.93 Å². The molecule has 41 heavy (non-hydrogen) atoms. The minimum atomic E-state index is 0.741. The van der Waals surface area contributed by atoms with Crippen LogP contribution in [0.3, 0.4) is 0 Å². The maximum atomic E-state index is 4.83. The van der Waals surface area contributed by atoms with Gasteiger partial charge in [-0.05, 0) is 99.1 Å². The molecule has 0 N–H and O–H groups in total. The molecule has 0 unspecified atom stereocenters. The van der Waals surface area contributed by atoms with E-state index in [2.05, 4.69) is 130 Å². The molecule has 0 saturated carbocycles. The summed E-state index contributed by atoms with van der Waals surface area (Å²) in [4.78, 5) is 0.741. The van der Waals surface area contributed by atoms with Crippen LogP contribution in [-0.4, -0.2) is 20.3 Å². The van der Waals surface area contributed by atoms with Gasteiger partial charge < -0.3 is 4.57 Å². The van der Waals surface area contributed by atoms with Crippen LogP contribution >= 0.6 is 12.6 Å². The number of nitrogens with zero attached hydrogens (tertiary/aromatic N) is 1. The number of hydrogen-bond donors (Lipinski definition) is 1. The number of fused-ring (bicyclic) bond motifs is 1. The smallest absolute Gasteiger partial charge is 0.140 e. The number of benzene rings is 2. The van der Waals surface area contributed by atoms with Crippen LogP contribution in [0.25, 0.3) is 27.1 Å². The Hall–Kier alpha value is -3.54. The maximum absolute atomic E-state index is 4.83. The van der Waals surface area contributed by atoms with E-state index in [1.807, 2.05) is 0 Å². The lowest BCUT2D eigenvalue weighted by atomic mass is 9.76. The molecule has 0 radical (unpaired) electrons. The standard InChI is InChI=1S/C37H41B2NS/c1-11-21(5)36(30(12-2)29-16-15-28(19-29)18-27-14-13-22(6)23(7)17-27)40-35(20(3)4)31(26(10)41)32-34(39)24(8)33(38)25(9)37(32)40/h13-17,41H,1,3,10,12,18,38-39H2,2,4-9H3/b36-30-. The third-order valence-corrected chi connectivity index (χ3v) is 9.03. The van der Waals surface area contributed by atoms with Crippen molar-refractivity contribution in [1.82, 2.24) is 4.57 Å². The highest BCUT2D eigenvalue weighted by Gasteiger charge is 2.27. The molecule has 0 aliphatic heterocycles. The van der Waals surface area contributed by atoms with Crippen molar-refractivity contribution in [2.75, 3.05) is 0 Å². The second kappa shape index (κ2) is 11.8. The third kappa shape index (κ3) is 5.29. The van der Waals surface area contributed by atoms with Crippen LogP contribution in [0.4, 0.5) is 0 Å². The molecule has 1 aliphatic rings. The predicted molar refractivity (Wildman–Crippen MR) is 192 cm³/mol. The summed E-state index contributed by atoms with van der Waals surface area (Å²) >= 11 is 4.83. The molecule has 0 atom stereocenters. The average molecular weight is 553 g/mol. The quantitative estimate of drug-likeness (QED) is 0.134. The van der Waals surface area contributed by atoms with Crippen molar-refractivity contribution in [1.29, 1.82) is 0 Å². The second-order valence-electron chi connectivity index (χ2n) is 11.5. The number of aromatic nitrogens is 1. The Bertz CT molecular complexity index is 1840. The van der Waals surface area contributed by atoms with Gasteiger partial charge in [0.1, 0.15) is 15.7 Å². The van der Waals surface area contributed by atoms with Crippen molar-refractivity contribution in [2.45, 2.75) is 61.3 Å². The molecule has 0 saturated heterocycles. The van der Waals surface area contributed by atoms with Gasteiger partial charge in [-0.3, -0.25) is 0 Å². The van der Waals surface area contributed by atoms with Crippen LogP contribution in [0.1, 0.15) is 66.3 Å². The summed E-state index contributed by atoms with van der Waals surface area (Å²) in [6.07, 6.45) is 6.10. The van der Waals surface area contributed by atoms with Gasteiger partial charge in [-0.2, -0.15) is 0 Å². The molecule has 3 aromatic rings. The Labute approximate surface area is 254 Å². The molecule has 0 fully saturated rings. The van der Waals surface area contributed by atoms with Crippen molar-refractivity contribution < 1.29 is 0 Å². The van der Waals surface area contributed by atoms with Crippen LogP contribution in [0.15, 0.2) is 83.8 Å². The lowest BCUT2D eigenvalue weighted by molar-refractivity contribution is 1.04. The fourth-order valence-electron chi connectivity index (χ4n) is 6.08. The molecule has 2 aromatic carbocycles. The Balaban J connectivity index is 2.14. The molecule has 0 amide bonds. The van der Waals surface area contributed by atoms with Gasteiger partial charge in [0.2, 0.25) is 0 Å². The summed E-state index contributed by atoms with van der Waals surface area (Å²) < 4.78 is 2.39. The van der Waals surface area contributed by atoms with Crippen LogP contribution in [-0.2, 0) is 6.42 Å². The first-order valence-corrected chi connectivity index (χ1v) is 14.8. The average Bonchev–Trinajstić information content (AvgIpc) is 3.53. The molecule has 1 heterocycles. The van der Waals surface area contributed by atoms with Crippen LogP contribution in [0, 0.1) is 27.7 Å². The lowest BCUT2D eigenvalue weighted by Gasteiger charge is -2.22. The van der Waals surface area contributed by atoms with Crippen molar-refractivity contribution in [3.8, 4) is 0 Å². The molecular formula is C37H41B2NS. The number of allylic oxidation sites excluding steroid dienone is 7. The summed E-state index contributed by atoms with van der Waals surface area (Å²) in [5, 5.41) is 1.19. The highest BCUT2D eigenvalue weighted by atomic mass is 32.1. The van der Waals surface area contributed by atoms with Crippen molar-refractivity contribution in [2.24, 2.45) is 0 Å². The Morgan fingerprint density at radius 1 is 1.00 bits per heavy atom. The molecule has 0 bridgehead atoms. The van der Waals surface area contributed by atoms with Crippen molar-refractivity contribution in [3.05, 3.63) is 123 Å². The molecular weight excluding hydrogens is 512 g/mol. The third-order valence-electron chi connectivity index (χ3n) is 8.80. The second-order valence-corrected chi connectivity index (χ2v) is 12.0. The Morgan fingerprint density at radius 3 is 2.24 bits per heavy atom. The molecule has 1 aromatic heterocycles. The first kappa shape index (κ1) is 30.4. The van der Waals surface area contributed by atoms with E-state index in [-0.39, 0.29) is 0 Å².